The molecule has 1 saturated heterocycles. The molecule has 0 aromatic heterocycles. The van der Waals surface area contributed by atoms with Crippen molar-refractivity contribution >= 4 is 11.9 Å². The second kappa shape index (κ2) is 12.7. The Bertz CT molecular complexity index is 584. The van der Waals surface area contributed by atoms with Gasteiger partial charge in [0.1, 0.15) is 19.0 Å². The maximum absolute atomic E-state index is 11.5. The number of unbranched alkanes of at least 4 members (excludes halogenated alkanes) is 7. The Kier molecular flexibility index (Phi) is 10.3. The van der Waals surface area contributed by atoms with Gasteiger partial charge in [-0.15, -0.1) is 0 Å². The van der Waals surface area contributed by atoms with Crippen molar-refractivity contribution in [2.24, 2.45) is 0 Å². The Hall–Kier alpha value is -1.69. The van der Waals surface area contributed by atoms with Crippen LogP contribution in [0.25, 0.3) is 6.08 Å². The van der Waals surface area contributed by atoms with E-state index in [1.165, 1.54) is 38.5 Å². The van der Waals surface area contributed by atoms with Crippen molar-refractivity contribution in [3.63, 3.8) is 0 Å². The first-order chi connectivity index (χ1) is 13.7. The predicted molar refractivity (Wildman–Crippen MR) is 110 cm³/mol. The van der Waals surface area contributed by atoms with Crippen LogP contribution < -0.4 is 4.74 Å². The van der Waals surface area contributed by atoms with Gasteiger partial charge in [-0.25, -0.2) is 0 Å². The number of ketones is 1. The molecule has 0 radical (unpaired) electrons. The van der Waals surface area contributed by atoms with Crippen molar-refractivity contribution in [2.75, 3.05) is 26.9 Å². The number of Topliss-reactive ketones (excluding diaryl/α,β-unsaturated/α-hetero) is 1. The highest BCUT2D eigenvalue weighted by Crippen LogP contribution is 2.24. The minimum Gasteiger partial charge on any atom is -0.497 e. The summed E-state index contributed by atoms with van der Waals surface area (Å²) in [6.07, 6.45) is 13.5. The highest BCUT2D eigenvalue weighted by Gasteiger charge is 2.36. The number of benzene rings is 1. The maximum Gasteiger partial charge on any atom is 0.305 e. The lowest BCUT2D eigenvalue weighted by molar-refractivity contribution is -0.356. The fourth-order valence-corrected chi connectivity index (χ4v) is 3.04. The lowest BCUT2D eigenvalue weighted by Crippen LogP contribution is -2.45. The second-order valence-electron chi connectivity index (χ2n) is 7.15. The molecule has 1 fully saturated rings. The zero-order valence-electron chi connectivity index (χ0n) is 17.3. The molecule has 156 valence electrons. The molecule has 0 unspecified atom stereocenters. The standard InChI is InChI=1S/C23H34O5/c1-3-4-5-6-7-8-9-10-17-26-23(27-18-21(24)19-28-23)16-15-20-11-13-22(25-2)14-12-20/h11-16H,3-10,17-19H2,1-2H3/b16-15+. The predicted octanol–water partition coefficient (Wildman–Crippen LogP) is 5.14. The van der Waals surface area contributed by atoms with Gasteiger partial charge in [0.25, 0.3) is 0 Å². The minimum absolute atomic E-state index is 0.00435. The molecule has 1 heterocycles. The van der Waals surface area contributed by atoms with Crippen LogP contribution in [0.1, 0.15) is 63.9 Å². The molecule has 28 heavy (non-hydrogen) atoms. The van der Waals surface area contributed by atoms with Gasteiger partial charge in [-0.1, -0.05) is 70.1 Å². The summed E-state index contributed by atoms with van der Waals surface area (Å²) >= 11 is 0. The van der Waals surface area contributed by atoms with Gasteiger partial charge < -0.3 is 18.9 Å². The van der Waals surface area contributed by atoms with Crippen molar-refractivity contribution in [1.82, 2.24) is 0 Å². The molecular formula is C23H34O5. The zero-order valence-corrected chi connectivity index (χ0v) is 17.3. The minimum atomic E-state index is -1.28. The molecule has 1 aromatic carbocycles. The molecule has 0 spiro atoms. The van der Waals surface area contributed by atoms with Crippen molar-refractivity contribution in [3.8, 4) is 5.75 Å². The van der Waals surface area contributed by atoms with E-state index < -0.39 is 5.97 Å². The number of methoxy groups -OCH3 is 1. The van der Waals surface area contributed by atoms with E-state index in [9.17, 15) is 4.79 Å². The van der Waals surface area contributed by atoms with Crippen LogP contribution >= 0.6 is 0 Å². The fraction of sp³-hybridized carbons (Fsp3) is 0.609. The lowest BCUT2D eigenvalue weighted by atomic mass is 10.1. The summed E-state index contributed by atoms with van der Waals surface area (Å²) in [5, 5.41) is 0. The smallest absolute Gasteiger partial charge is 0.305 e. The summed E-state index contributed by atoms with van der Waals surface area (Å²) in [4.78, 5) is 11.5. The van der Waals surface area contributed by atoms with E-state index >= 15 is 0 Å². The zero-order chi connectivity index (χ0) is 20.1. The van der Waals surface area contributed by atoms with E-state index in [1.54, 1.807) is 13.2 Å². The Morgan fingerprint density at radius 2 is 1.57 bits per heavy atom. The molecule has 1 aliphatic heterocycles. The van der Waals surface area contributed by atoms with Gasteiger partial charge in [0, 0.05) is 6.08 Å². The third kappa shape index (κ3) is 8.13. The van der Waals surface area contributed by atoms with E-state index in [-0.39, 0.29) is 19.0 Å². The summed E-state index contributed by atoms with van der Waals surface area (Å²) in [5.74, 6) is -0.563. The average Bonchev–Trinajstić information content (AvgIpc) is 2.73. The highest BCUT2D eigenvalue weighted by atomic mass is 16.9. The SMILES string of the molecule is CCCCCCCCCCOC1(/C=C/c2ccc(OC)cc2)OCC(=O)CO1. The fourth-order valence-electron chi connectivity index (χ4n) is 3.04. The molecule has 1 aromatic rings. The van der Waals surface area contributed by atoms with Crippen LogP contribution in [-0.4, -0.2) is 38.7 Å². The second-order valence-corrected chi connectivity index (χ2v) is 7.15. The van der Waals surface area contributed by atoms with Gasteiger partial charge in [-0.2, -0.15) is 0 Å². The maximum atomic E-state index is 11.5. The Morgan fingerprint density at radius 1 is 0.964 bits per heavy atom. The number of ether oxygens (including phenoxy) is 4. The summed E-state index contributed by atoms with van der Waals surface area (Å²) < 4.78 is 22.3. The first kappa shape index (κ1) is 22.6. The Morgan fingerprint density at radius 3 is 2.18 bits per heavy atom. The molecule has 0 atom stereocenters. The van der Waals surface area contributed by atoms with Gasteiger partial charge in [-0.3, -0.25) is 4.79 Å². The number of carbonyl (C=O) groups is 1. The Labute approximate surface area is 169 Å². The number of hydrogen-bond donors (Lipinski definition) is 0. The van der Waals surface area contributed by atoms with E-state index in [2.05, 4.69) is 6.92 Å². The van der Waals surface area contributed by atoms with Gasteiger partial charge in [-0.05, 0) is 24.1 Å². The summed E-state index contributed by atoms with van der Waals surface area (Å²) in [5.41, 5.74) is 0.972. The molecule has 2 rings (SSSR count). The molecule has 5 nitrogen and oxygen atoms in total. The first-order valence-electron chi connectivity index (χ1n) is 10.4. The summed E-state index contributed by atoms with van der Waals surface area (Å²) in [6.45, 7) is 2.78. The average molecular weight is 391 g/mol. The third-order valence-electron chi connectivity index (χ3n) is 4.77. The molecule has 0 amide bonds. The van der Waals surface area contributed by atoms with Crippen molar-refractivity contribution in [1.29, 1.82) is 0 Å². The summed E-state index contributed by atoms with van der Waals surface area (Å²) in [7, 11) is 1.64. The van der Waals surface area contributed by atoms with E-state index in [4.69, 9.17) is 18.9 Å². The van der Waals surface area contributed by atoms with E-state index in [1.807, 2.05) is 30.3 Å². The van der Waals surface area contributed by atoms with Crippen LogP contribution in [0.4, 0.5) is 0 Å². The molecule has 0 aliphatic carbocycles. The molecule has 1 aliphatic rings. The van der Waals surface area contributed by atoms with Gasteiger partial charge in [0.05, 0.1) is 13.7 Å². The van der Waals surface area contributed by atoms with Gasteiger partial charge in [0.15, 0.2) is 5.78 Å². The van der Waals surface area contributed by atoms with E-state index in [0.717, 1.165) is 24.2 Å². The lowest BCUT2D eigenvalue weighted by Gasteiger charge is -2.33. The van der Waals surface area contributed by atoms with Crippen molar-refractivity contribution in [2.45, 2.75) is 64.3 Å². The van der Waals surface area contributed by atoms with Gasteiger partial charge in [0.2, 0.25) is 0 Å². The van der Waals surface area contributed by atoms with Crippen LogP contribution in [0.3, 0.4) is 0 Å². The normalized spacial score (nSPS) is 16.6. The molecule has 0 bridgehead atoms. The molecular weight excluding hydrogens is 356 g/mol. The quantitative estimate of drug-likeness (QED) is 0.437. The number of hydrogen-bond acceptors (Lipinski definition) is 5. The third-order valence-corrected chi connectivity index (χ3v) is 4.77. The first-order valence-corrected chi connectivity index (χ1v) is 10.4. The highest BCUT2D eigenvalue weighted by molar-refractivity contribution is 5.81. The van der Waals surface area contributed by atoms with Crippen LogP contribution in [0.15, 0.2) is 30.3 Å². The van der Waals surface area contributed by atoms with Gasteiger partial charge >= 0.3 is 5.97 Å². The van der Waals surface area contributed by atoms with Crippen LogP contribution in [0.2, 0.25) is 0 Å². The van der Waals surface area contributed by atoms with Crippen molar-refractivity contribution in [3.05, 3.63) is 35.9 Å². The molecule has 5 heteroatoms. The summed E-state index contributed by atoms with van der Waals surface area (Å²) in [6, 6.07) is 7.66. The van der Waals surface area contributed by atoms with Crippen LogP contribution in [0, 0.1) is 0 Å². The van der Waals surface area contributed by atoms with Crippen LogP contribution in [-0.2, 0) is 19.0 Å². The Balaban J connectivity index is 1.80. The number of rotatable bonds is 13. The van der Waals surface area contributed by atoms with Crippen LogP contribution in [0.5, 0.6) is 5.75 Å². The molecule has 0 saturated carbocycles. The molecule has 0 N–H and O–H groups in total. The number of carbonyl (C=O) groups excluding carboxylic acids is 1. The topological polar surface area (TPSA) is 54.0 Å². The largest absolute Gasteiger partial charge is 0.497 e. The van der Waals surface area contributed by atoms with E-state index in [0.29, 0.717) is 6.61 Å². The van der Waals surface area contributed by atoms with Crippen molar-refractivity contribution < 1.29 is 23.7 Å². The monoisotopic (exact) mass is 390 g/mol.